The van der Waals surface area contributed by atoms with Crippen molar-refractivity contribution >= 4 is 17.3 Å². The molecule has 1 aliphatic heterocycles. The van der Waals surface area contributed by atoms with Gasteiger partial charge in [0.1, 0.15) is 0 Å². The number of aliphatic hydroxyl groups is 1. The second kappa shape index (κ2) is 8.02. The minimum atomic E-state index is 0.255. The lowest BCUT2D eigenvalue weighted by Gasteiger charge is -2.30. The van der Waals surface area contributed by atoms with E-state index >= 15 is 0 Å². The average Bonchev–Trinajstić information content (AvgIpc) is 2.66. The smallest absolute Gasteiger partial charge is 0.169 e. The van der Waals surface area contributed by atoms with Crippen molar-refractivity contribution in [1.82, 2.24) is 15.1 Å². The predicted molar refractivity (Wildman–Crippen MR) is 82.3 cm³/mol. The molecule has 2 N–H and O–H groups in total. The van der Waals surface area contributed by atoms with Crippen LogP contribution in [0.4, 0.5) is 0 Å². The van der Waals surface area contributed by atoms with Gasteiger partial charge in [0.2, 0.25) is 0 Å². The first-order chi connectivity index (χ1) is 9.29. The SMILES string of the molecule is OCCN1CCCN(C(=S)NC2CCCCC2)CC1. The number of thiocarbonyl (C=S) groups is 1. The topological polar surface area (TPSA) is 38.7 Å². The first kappa shape index (κ1) is 15.0. The van der Waals surface area contributed by atoms with E-state index in [1.54, 1.807) is 0 Å². The predicted octanol–water partition coefficient (Wildman–Crippen LogP) is 1.19. The Kier molecular flexibility index (Phi) is 6.34. The Balaban J connectivity index is 1.75. The highest BCUT2D eigenvalue weighted by molar-refractivity contribution is 7.80. The van der Waals surface area contributed by atoms with E-state index in [1.807, 2.05) is 0 Å². The van der Waals surface area contributed by atoms with Crippen LogP contribution in [0.15, 0.2) is 0 Å². The summed E-state index contributed by atoms with van der Waals surface area (Å²) >= 11 is 5.57. The summed E-state index contributed by atoms with van der Waals surface area (Å²) in [6, 6.07) is 0.595. The Hall–Kier alpha value is -0.390. The van der Waals surface area contributed by atoms with Crippen molar-refractivity contribution in [1.29, 1.82) is 0 Å². The number of β-amino-alcohol motifs (C(OH)–C–C–N with tert-alkyl or cyclic N) is 1. The van der Waals surface area contributed by atoms with Gasteiger partial charge in [-0.2, -0.15) is 0 Å². The van der Waals surface area contributed by atoms with Crippen LogP contribution in [0.3, 0.4) is 0 Å². The molecule has 0 aromatic heterocycles. The molecular weight excluding hydrogens is 258 g/mol. The van der Waals surface area contributed by atoms with Crippen LogP contribution in [0.5, 0.6) is 0 Å². The zero-order valence-corrected chi connectivity index (χ0v) is 12.6. The number of nitrogens with one attached hydrogen (secondary N) is 1. The number of aliphatic hydroxyl groups excluding tert-OH is 1. The summed E-state index contributed by atoms with van der Waals surface area (Å²) in [6.45, 7) is 5.15. The maximum absolute atomic E-state index is 9.01. The van der Waals surface area contributed by atoms with Gasteiger partial charge in [0.05, 0.1) is 6.61 Å². The Morgan fingerprint density at radius 1 is 1.05 bits per heavy atom. The van der Waals surface area contributed by atoms with Crippen molar-refractivity contribution in [3.8, 4) is 0 Å². The van der Waals surface area contributed by atoms with Crippen molar-refractivity contribution in [3.63, 3.8) is 0 Å². The molecule has 0 radical (unpaired) electrons. The van der Waals surface area contributed by atoms with E-state index in [9.17, 15) is 0 Å². The molecule has 4 nitrogen and oxygen atoms in total. The third-order valence-electron chi connectivity index (χ3n) is 4.22. The van der Waals surface area contributed by atoms with Gasteiger partial charge in [0.25, 0.3) is 0 Å². The molecule has 5 heteroatoms. The first-order valence-corrected chi connectivity index (χ1v) is 8.09. The fourth-order valence-corrected chi connectivity index (χ4v) is 3.40. The highest BCUT2D eigenvalue weighted by Gasteiger charge is 2.19. The lowest BCUT2D eigenvalue weighted by molar-refractivity contribution is 0.201. The van der Waals surface area contributed by atoms with Crippen molar-refractivity contribution in [2.45, 2.75) is 44.6 Å². The summed E-state index contributed by atoms with van der Waals surface area (Å²) < 4.78 is 0. The molecular formula is C14H27N3OS. The molecule has 0 aromatic rings. The molecule has 2 rings (SSSR count). The van der Waals surface area contributed by atoms with Crippen molar-refractivity contribution in [2.24, 2.45) is 0 Å². The zero-order valence-electron chi connectivity index (χ0n) is 11.8. The van der Waals surface area contributed by atoms with Crippen LogP contribution in [0.25, 0.3) is 0 Å². The van der Waals surface area contributed by atoms with Gasteiger partial charge in [-0.25, -0.2) is 0 Å². The van der Waals surface area contributed by atoms with E-state index in [2.05, 4.69) is 15.1 Å². The van der Waals surface area contributed by atoms with Gasteiger partial charge in [-0.3, -0.25) is 4.90 Å². The first-order valence-electron chi connectivity index (χ1n) is 7.68. The summed E-state index contributed by atoms with van der Waals surface area (Å²) in [7, 11) is 0. The van der Waals surface area contributed by atoms with E-state index < -0.39 is 0 Å². The maximum atomic E-state index is 9.01. The molecule has 1 saturated heterocycles. The molecule has 0 unspecified atom stereocenters. The number of nitrogens with zero attached hydrogens (tertiary/aromatic N) is 2. The average molecular weight is 285 g/mol. The fourth-order valence-electron chi connectivity index (χ4n) is 3.05. The normalized spacial score (nSPS) is 23.1. The Morgan fingerprint density at radius 3 is 2.58 bits per heavy atom. The van der Waals surface area contributed by atoms with Crippen LogP contribution in [-0.4, -0.2) is 65.4 Å². The molecule has 1 heterocycles. The number of hydrogen-bond donors (Lipinski definition) is 2. The van der Waals surface area contributed by atoms with Crippen LogP contribution in [0.2, 0.25) is 0 Å². The molecule has 0 bridgehead atoms. The fraction of sp³-hybridized carbons (Fsp3) is 0.929. The molecule has 0 aromatic carbocycles. The van der Waals surface area contributed by atoms with E-state index in [-0.39, 0.29) is 6.61 Å². The second-order valence-corrected chi connectivity index (χ2v) is 6.08. The van der Waals surface area contributed by atoms with Gasteiger partial charge in [-0.1, -0.05) is 19.3 Å². The molecule has 1 saturated carbocycles. The summed E-state index contributed by atoms with van der Waals surface area (Å²) in [4.78, 5) is 4.63. The van der Waals surface area contributed by atoms with Gasteiger partial charge < -0.3 is 15.3 Å². The van der Waals surface area contributed by atoms with Gasteiger partial charge in [-0.15, -0.1) is 0 Å². The Labute approximate surface area is 122 Å². The molecule has 1 aliphatic carbocycles. The van der Waals surface area contributed by atoms with E-state index in [4.69, 9.17) is 17.3 Å². The van der Waals surface area contributed by atoms with Crippen molar-refractivity contribution < 1.29 is 5.11 Å². The number of hydrogen-bond acceptors (Lipinski definition) is 3. The summed E-state index contributed by atoms with van der Waals surface area (Å²) in [5.41, 5.74) is 0. The van der Waals surface area contributed by atoms with E-state index in [0.717, 1.165) is 44.3 Å². The van der Waals surface area contributed by atoms with Gasteiger partial charge in [0, 0.05) is 32.2 Å². The molecule has 110 valence electrons. The lowest BCUT2D eigenvalue weighted by Crippen LogP contribution is -2.46. The van der Waals surface area contributed by atoms with Gasteiger partial charge in [-0.05, 0) is 38.0 Å². The highest BCUT2D eigenvalue weighted by atomic mass is 32.1. The Morgan fingerprint density at radius 2 is 1.84 bits per heavy atom. The number of rotatable bonds is 3. The lowest BCUT2D eigenvalue weighted by atomic mass is 9.96. The van der Waals surface area contributed by atoms with Crippen LogP contribution in [-0.2, 0) is 0 Å². The minimum absolute atomic E-state index is 0.255. The van der Waals surface area contributed by atoms with Gasteiger partial charge in [0.15, 0.2) is 5.11 Å². The molecule has 0 spiro atoms. The molecule has 2 fully saturated rings. The van der Waals surface area contributed by atoms with Crippen LogP contribution in [0.1, 0.15) is 38.5 Å². The van der Waals surface area contributed by atoms with Crippen LogP contribution < -0.4 is 5.32 Å². The molecule has 19 heavy (non-hydrogen) atoms. The molecule has 2 aliphatic rings. The maximum Gasteiger partial charge on any atom is 0.169 e. The highest BCUT2D eigenvalue weighted by Crippen LogP contribution is 2.17. The monoisotopic (exact) mass is 285 g/mol. The standard InChI is InChI=1S/C14H27N3OS/c18-12-11-16-7-4-8-17(10-9-16)14(19)15-13-5-2-1-3-6-13/h13,18H,1-12H2,(H,15,19). The van der Waals surface area contributed by atoms with Crippen LogP contribution in [0, 0.1) is 0 Å². The second-order valence-electron chi connectivity index (χ2n) is 5.69. The van der Waals surface area contributed by atoms with E-state index in [1.165, 1.54) is 32.1 Å². The summed E-state index contributed by atoms with van der Waals surface area (Å²) in [5, 5.41) is 13.5. The van der Waals surface area contributed by atoms with Crippen molar-refractivity contribution in [3.05, 3.63) is 0 Å². The van der Waals surface area contributed by atoms with E-state index in [0.29, 0.717) is 6.04 Å². The third-order valence-corrected chi connectivity index (χ3v) is 4.60. The summed E-state index contributed by atoms with van der Waals surface area (Å²) in [6.07, 6.45) is 7.72. The largest absolute Gasteiger partial charge is 0.395 e. The van der Waals surface area contributed by atoms with Crippen molar-refractivity contribution in [2.75, 3.05) is 39.3 Å². The van der Waals surface area contributed by atoms with Crippen LogP contribution >= 0.6 is 12.2 Å². The summed E-state index contributed by atoms with van der Waals surface area (Å²) in [5.74, 6) is 0. The molecule has 0 amide bonds. The quantitative estimate of drug-likeness (QED) is 0.762. The Bertz CT molecular complexity index is 282. The molecule has 0 atom stereocenters. The third kappa shape index (κ3) is 4.89. The minimum Gasteiger partial charge on any atom is -0.395 e. The zero-order chi connectivity index (χ0) is 13.5. The van der Waals surface area contributed by atoms with Gasteiger partial charge >= 0.3 is 0 Å².